The highest BCUT2D eigenvalue weighted by atomic mass is 32.1. The van der Waals surface area contributed by atoms with E-state index in [9.17, 15) is 0 Å². The van der Waals surface area contributed by atoms with E-state index in [1.54, 1.807) is 11.3 Å². The summed E-state index contributed by atoms with van der Waals surface area (Å²) in [5.41, 5.74) is 3.85. The molecule has 5 heteroatoms. The molecule has 1 unspecified atom stereocenters. The number of rotatable bonds is 6. The first-order valence-corrected chi connectivity index (χ1v) is 6.93. The number of hydrogen-bond acceptors (Lipinski definition) is 5. The molecule has 2 aromatic rings. The number of thiazole rings is 1. The molecule has 98 valence electrons. The molecule has 0 amide bonds. The number of nitrogens with zero attached hydrogens (tertiary/aromatic N) is 1. The predicted octanol–water partition coefficient (Wildman–Crippen LogP) is 2.10. The molecule has 18 heavy (non-hydrogen) atoms. The molecule has 1 atom stereocenters. The third-order valence-electron chi connectivity index (χ3n) is 2.63. The minimum absolute atomic E-state index is 0.105. The number of fused-ring (bicyclic) bond motifs is 1. The molecule has 0 aliphatic carbocycles. The van der Waals surface area contributed by atoms with Crippen molar-refractivity contribution in [2.45, 2.75) is 32.4 Å². The minimum atomic E-state index is 0.105. The average Bonchev–Trinajstić information content (AvgIpc) is 2.76. The molecule has 1 aromatic carbocycles. The molecular formula is C13H19N3OS. The maximum atomic E-state index is 5.58. The van der Waals surface area contributed by atoms with Gasteiger partial charge in [0.2, 0.25) is 0 Å². The van der Waals surface area contributed by atoms with Crippen LogP contribution in [0.25, 0.3) is 10.2 Å². The molecule has 1 heterocycles. The van der Waals surface area contributed by atoms with E-state index in [-0.39, 0.29) is 12.1 Å². The Morgan fingerprint density at radius 1 is 1.39 bits per heavy atom. The van der Waals surface area contributed by atoms with Gasteiger partial charge < -0.3 is 4.74 Å². The second kappa shape index (κ2) is 6.24. The summed E-state index contributed by atoms with van der Waals surface area (Å²) < 4.78 is 6.79. The quantitative estimate of drug-likeness (QED) is 0.620. The fourth-order valence-electron chi connectivity index (χ4n) is 1.69. The summed E-state index contributed by atoms with van der Waals surface area (Å²) in [6, 6.07) is 8.27. The molecule has 0 saturated carbocycles. The lowest BCUT2D eigenvalue weighted by molar-refractivity contribution is 0.0613. The number of nitrogens with two attached hydrogens (primary N) is 1. The zero-order chi connectivity index (χ0) is 13.0. The standard InChI is InChI=1S/C13H19N3OS/c1-9(2)17-8-10(16-14)7-13-15-11-5-3-4-6-12(11)18-13/h3-6,9-10,16H,7-8,14H2,1-2H3. The number of nitrogens with one attached hydrogen (secondary N) is 1. The maximum Gasteiger partial charge on any atom is 0.0955 e. The number of ether oxygens (including phenoxy) is 1. The second-order valence-corrected chi connectivity index (χ2v) is 5.64. The lowest BCUT2D eigenvalue weighted by Gasteiger charge is -2.16. The number of para-hydroxylation sites is 1. The van der Waals surface area contributed by atoms with Gasteiger partial charge in [0.05, 0.1) is 34.0 Å². The van der Waals surface area contributed by atoms with Gasteiger partial charge in [-0.25, -0.2) is 4.98 Å². The smallest absolute Gasteiger partial charge is 0.0955 e. The highest BCUT2D eigenvalue weighted by Crippen LogP contribution is 2.22. The van der Waals surface area contributed by atoms with Crippen LogP contribution >= 0.6 is 11.3 Å². The highest BCUT2D eigenvalue weighted by molar-refractivity contribution is 7.18. The highest BCUT2D eigenvalue weighted by Gasteiger charge is 2.12. The van der Waals surface area contributed by atoms with E-state index in [0.29, 0.717) is 6.61 Å². The number of benzene rings is 1. The summed E-state index contributed by atoms with van der Waals surface area (Å²) in [6.45, 7) is 4.64. The molecule has 0 saturated heterocycles. The number of hydrazine groups is 1. The van der Waals surface area contributed by atoms with Crippen LogP contribution in [-0.2, 0) is 11.2 Å². The van der Waals surface area contributed by atoms with Crippen molar-refractivity contribution < 1.29 is 4.74 Å². The van der Waals surface area contributed by atoms with Crippen molar-refractivity contribution in [3.05, 3.63) is 29.3 Å². The molecule has 2 rings (SSSR count). The van der Waals surface area contributed by atoms with E-state index in [1.165, 1.54) is 4.70 Å². The second-order valence-electron chi connectivity index (χ2n) is 4.53. The fraction of sp³-hybridized carbons (Fsp3) is 0.462. The topological polar surface area (TPSA) is 60.2 Å². The van der Waals surface area contributed by atoms with E-state index in [4.69, 9.17) is 10.6 Å². The van der Waals surface area contributed by atoms with Crippen LogP contribution < -0.4 is 11.3 Å². The lowest BCUT2D eigenvalue weighted by Crippen LogP contribution is -2.40. The van der Waals surface area contributed by atoms with Gasteiger partial charge in [0.1, 0.15) is 0 Å². The minimum Gasteiger partial charge on any atom is -0.377 e. The Hall–Kier alpha value is -1.01. The zero-order valence-electron chi connectivity index (χ0n) is 10.7. The summed E-state index contributed by atoms with van der Waals surface area (Å²) in [7, 11) is 0. The Bertz CT molecular complexity index is 465. The van der Waals surface area contributed by atoms with E-state index < -0.39 is 0 Å². The molecular weight excluding hydrogens is 246 g/mol. The zero-order valence-corrected chi connectivity index (χ0v) is 11.5. The van der Waals surface area contributed by atoms with Crippen LogP contribution in [0.3, 0.4) is 0 Å². The van der Waals surface area contributed by atoms with E-state index >= 15 is 0 Å². The predicted molar refractivity (Wildman–Crippen MR) is 75.5 cm³/mol. The molecule has 0 fully saturated rings. The summed E-state index contributed by atoms with van der Waals surface area (Å²) >= 11 is 1.71. The van der Waals surface area contributed by atoms with Gasteiger partial charge in [-0.1, -0.05) is 12.1 Å². The number of aromatic nitrogens is 1. The van der Waals surface area contributed by atoms with Gasteiger partial charge in [-0.2, -0.15) is 0 Å². The van der Waals surface area contributed by atoms with Gasteiger partial charge in [-0.05, 0) is 26.0 Å². The first kappa shape index (κ1) is 13.4. The normalized spacial score (nSPS) is 13.3. The summed E-state index contributed by atoms with van der Waals surface area (Å²) in [6.07, 6.45) is 1.01. The van der Waals surface area contributed by atoms with Gasteiger partial charge in [0, 0.05) is 6.42 Å². The van der Waals surface area contributed by atoms with Gasteiger partial charge in [0.15, 0.2) is 0 Å². The van der Waals surface area contributed by atoms with Crippen molar-refractivity contribution in [3.8, 4) is 0 Å². The van der Waals surface area contributed by atoms with Crippen LogP contribution in [-0.4, -0.2) is 23.7 Å². The largest absolute Gasteiger partial charge is 0.377 e. The van der Waals surface area contributed by atoms with Crippen molar-refractivity contribution >= 4 is 21.6 Å². The van der Waals surface area contributed by atoms with Crippen molar-refractivity contribution in [1.29, 1.82) is 0 Å². The first-order chi connectivity index (χ1) is 8.69. The summed E-state index contributed by atoms with van der Waals surface area (Å²) in [5, 5.41) is 1.09. The Labute approximate surface area is 111 Å². The number of hydrogen-bond donors (Lipinski definition) is 2. The Kier molecular flexibility index (Phi) is 4.66. The summed E-state index contributed by atoms with van der Waals surface area (Å²) in [4.78, 5) is 4.59. The monoisotopic (exact) mass is 265 g/mol. The SMILES string of the molecule is CC(C)OCC(Cc1nc2ccccc2s1)NN. The molecule has 0 radical (unpaired) electrons. The van der Waals surface area contributed by atoms with Gasteiger partial charge in [-0.15, -0.1) is 11.3 Å². The molecule has 4 nitrogen and oxygen atoms in total. The molecule has 0 aliphatic heterocycles. The molecule has 1 aromatic heterocycles. The van der Waals surface area contributed by atoms with E-state index in [1.807, 2.05) is 32.0 Å². The third-order valence-corrected chi connectivity index (χ3v) is 3.68. The van der Waals surface area contributed by atoms with Crippen LogP contribution in [0.2, 0.25) is 0 Å². The Balaban J connectivity index is 2.02. The molecule has 0 spiro atoms. The summed E-state index contributed by atoms with van der Waals surface area (Å²) in [5.74, 6) is 5.55. The van der Waals surface area contributed by atoms with Crippen molar-refractivity contribution in [3.63, 3.8) is 0 Å². The van der Waals surface area contributed by atoms with Gasteiger partial charge >= 0.3 is 0 Å². The van der Waals surface area contributed by atoms with Crippen LogP contribution in [0.5, 0.6) is 0 Å². The lowest BCUT2D eigenvalue weighted by atomic mass is 10.2. The van der Waals surface area contributed by atoms with Gasteiger partial charge in [0.25, 0.3) is 0 Å². The molecule has 0 aliphatic rings. The average molecular weight is 265 g/mol. The molecule has 3 N–H and O–H groups in total. The first-order valence-electron chi connectivity index (χ1n) is 6.11. The van der Waals surface area contributed by atoms with Crippen LogP contribution in [0.15, 0.2) is 24.3 Å². The van der Waals surface area contributed by atoms with Crippen LogP contribution in [0.4, 0.5) is 0 Å². The van der Waals surface area contributed by atoms with Crippen LogP contribution in [0.1, 0.15) is 18.9 Å². The Morgan fingerprint density at radius 3 is 2.83 bits per heavy atom. The van der Waals surface area contributed by atoms with Crippen molar-refractivity contribution in [2.75, 3.05) is 6.61 Å². The van der Waals surface area contributed by atoms with Gasteiger partial charge in [-0.3, -0.25) is 11.3 Å². The maximum absolute atomic E-state index is 5.58. The Morgan fingerprint density at radius 2 is 2.17 bits per heavy atom. The molecule has 0 bridgehead atoms. The van der Waals surface area contributed by atoms with Crippen molar-refractivity contribution in [1.82, 2.24) is 10.4 Å². The van der Waals surface area contributed by atoms with Crippen molar-refractivity contribution in [2.24, 2.45) is 5.84 Å². The fourth-order valence-corrected chi connectivity index (χ4v) is 2.74. The van der Waals surface area contributed by atoms with E-state index in [0.717, 1.165) is 16.9 Å². The third kappa shape index (κ3) is 3.49. The van der Waals surface area contributed by atoms with E-state index in [2.05, 4.69) is 16.5 Å². The van der Waals surface area contributed by atoms with Crippen LogP contribution in [0, 0.1) is 0 Å².